The molecule has 0 saturated carbocycles. The molecule has 0 aliphatic carbocycles. The highest BCUT2D eigenvalue weighted by Crippen LogP contribution is 2.36. The van der Waals surface area contributed by atoms with Crippen LogP contribution in [0.1, 0.15) is 16.8 Å². The number of aliphatic hydroxyl groups is 1. The number of carbonyl (C=O) groups is 3. The van der Waals surface area contributed by atoms with E-state index in [0.29, 0.717) is 29.4 Å². The largest absolute Gasteiger partial charge is 0.478 e. The second-order valence-corrected chi connectivity index (χ2v) is 5.93. The normalized spacial score (nSPS) is 23.2. The molecule has 3 amide bonds. The predicted octanol–water partition coefficient (Wildman–Crippen LogP) is 1.44. The number of urea groups is 1. The Labute approximate surface area is 136 Å². The molecule has 7 nitrogen and oxygen atoms in total. The summed E-state index contributed by atoms with van der Waals surface area (Å²) in [4.78, 5) is 39.1. The predicted molar refractivity (Wildman–Crippen MR) is 84.9 cm³/mol. The first-order chi connectivity index (χ1) is 11.5. The standard InChI is InChI=1S/C17H14N2O5/c20-13-7-8-18-14(13)15(21)19(17(18)24)12-6-5-11(16(22)23)9-3-1-2-4-10(9)12/h1-6,13-14,20H,7-8H2,(H,22,23). The molecule has 2 N–H and O–H groups in total. The van der Waals surface area contributed by atoms with Crippen molar-refractivity contribution in [3.8, 4) is 0 Å². The van der Waals surface area contributed by atoms with Gasteiger partial charge in [-0.25, -0.2) is 14.5 Å². The number of imide groups is 1. The number of aliphatic hydroxyl groups excluding tert-OH is 1. The third kappa shape index (κ3) is 1.85. The second-order valence-electron chi connectivity index (χ2n) is 5.93. The van der Waals surface area contributed by atoms with Crippen LogP contribution in [0, 0.1) is 0 Å². The Hall–Kier alpha value is -2.93. The number of carbonyl (C=O) groups excluding carboxylic acids is 2. The molecule has 0 aromatic heterocycles. The summed E-state index contributed by atoms with van der Waals surface area (Å²) in [5, 5.41) is 20.2. The molecule has 0 bridgehead atoms. The lowest BCUT2D eigenvalue weighted by Gasteiger charge is -2.18. The van der Waals surface area contributed by atoms with Crippen LogP contribution < -0.4 is 4.90 Å². The third-order valence-electron chi connectivity index (χ3n) is 4.65. The van der Waals surface area contributed by atoms with Gasteiger partial charge in [0.15, 0.2) is 0 Å². The first-order valence-electron chi connectivity index (χ1n) is 7.58. The van der Waals surface area contributed by atoms with E-state index in [2.05, 4.69) is 0 Å². The van der Waals surface area contributed by atoms with Crippen LogP contribution in [0.25, 0.3) is 10.8 Å². The van der Waals surface area contributed by atoms with E-state index in [-0.39, 0.29) is 5.56 Å². The van der Waals surface area contributed by atoms with Crippen molar-refractivity contribution in [2.75, 3.05) is 11.4 Å². The Morgan fingerprint density at radius 2 is 1.79 bits per heavy atom. The highest BCUT2D eigenvalue weighted by molar-refractivity contribution is 6.25. The SMILES string of the molecule is O=C(O)c1ccc(N2C(=O)C3C(O)CCN3C2=O)c2ccccc12. The lowest BCUT2D eigenvalue weighted by molar-refractivity contribution is -0.121. The van der Waals surface area contributed by atoms with Crippen molar-refractivity contribution < 1.29 is 24.6 Å². The van der Waals surface area contributed by atoms with Gasteiger partial charge in [-0.05, 0) is 23.9 Å². The topological polar surface area (TPSA) is 98.2 Å². The maximum atomic E-state index is 12.7. The lowest BCUT2D eigenvalue weighted by Crippen LogP contribution is -2.36. The Morgan fingerprint density at radius 1 is 1.08 bits per heavy atom. The molecule has 2 unspecified atom stereocenters. The highest BCUT2D eigenvalue weighted by atomic mass is 16.4. The van der Waals surface area contributed by atoms with Crippen molar-refractivity contribution in [3.63, 3.8) is 0 Å². The molecule has 2 heterocycles. The fourth-order valence-electron chi connectivity index (χ4n) is 3.53. The number of anilines is 1. The number of carboxylic acid groups (broad SMARTS) is 1. The Kier molecular flexibility index (Phi) is 3.07. The molecule has 4 rings (SSSR count). The fraction of sp³-hybridized carbons (Fsp3) is 0.235. The summed E-state index contributed by atoms with van der Waals surface area (Å²) in [5.41, 5.74) is 0.446. The van der Waals surface area contributed by atoms with Gasteiger partial charge >= 0.3 is 12.0 Å². The van der Waals surface area contributed by atoms with Gasteiger partial charge in [-0.2, -0.15) is 0 Å². The maximum absolute atomic E-state index is 12.7. The Bertz CT molecular complexity index is 894. The number of carboxylic acids is 1. The van der Waals surface area contributed by atoms with Gasteiger partial charge in [0.25, 0.3) is 5.91 Å². The minimum absolute atomic E-state index is 0.106. The number of rotatable bonds is 2. The van der Waals surface area contributed by atoms with Crippen molar-refractivity contribution in [1.29, 1.82) is 0 Å². The van der Waals surface area contributed by atoms with Crippen LogP contribution in [-0.4, -0.2) is 51.7 Å². The monoisotopic (exact) mass is 326 g/mol. The van der Waals surface area contributed by atoms with Crippen LogP contribution in [0.4, 0.5) is 10.5 Å². The van der Waals surface area contributed by atoms with E-state index >= 15 is 0 Å². The maximum Gasteiger partial charge on any atom is 0.336 e. The van der Waals surface area contributed by atoms with Crippen molar-refractivity contribution in [3.05, 3.63) is 42.0 Å². The van der Waals surface area contributed by atoms with Crippen molar-refractivity contribution in [2.45, 2.75) is 18.6 Å². The molecule has 2 atom stereocenters. The minimum atomic E-state index is -1.08. The molecule has 2 aromatic carbocycles. The van der Waals surface area contributed by atoms with Crippen LogP contribution >= 0.6 is 0 Å². The molecule has 2 aliphatic rings. The summed E-state index contributed by atoms with van der Waals surface area (Å²) >= 11 is 0. The van der Waals surface area contributed by atoms with Crippen molar-refractivity contribution in [2.24, 2.45) is 0 Å². The number of hydrogen-bond donors (Lipinski definition) is 2. The molecule has 122 valence electrons. The summed E-state index contributed by atoms with van der Waals surface area (Å²) < 4.78 is 0. The summed E-state index contributed by atoms with van der Waals surface area (Å²) in [6.45, 7) is 0.331. The summed E-state index contributed by atoms with van der Waals surface area (Å²) in [6, 6.07) is 8.27. The quantitative estimate of drug-likeness (QED) is 0.814. The van der Waals surface area contributed by atoms with Crippen molar-refractivity contribution >= 4 is 34.4 Å². The number of benzene rings is 2. The third-order valence-corrected chi connectivity index (χ3v) is 4.65. The first kappa shape index (κ1) is 14.6. The molecule has 0 spiro atoms. The Morgan fingerprint density at radius 3 is 2.46 bits per heavy atom. The number of hydrogen-bond acceptors (Lipinski definition) is 4. The Balaban J connectivity index is 1.89. The smallest absolute Gasteiger partial charge is 0.336 e. The lowest BCUT2D eigenvalue weighted by atomic mass is 10.0. The number of amides is 3. The van der Waals surface area contributed by atoms with E-state index in [1.807, 2.05) is 0 Å². The van der Waals surface area contributed by atoms with Crippen molar-refractivity contribution in [1.82, 2.24) is 4.90 Å². The van der Waals surface area contributed by atoms with Gasteiger partial charge in [-0.1, -0.05) is 24.3 Å². The highest BCUT2D eigenvalue weighted by Gasteiger charge is 2.52. The van der Waals surface area contributed by atoms with Gasteiger partial charge < -0.3 is 15.1 Å². The molecule has 2 aliphatic heterocycles. The van der Waals surface area contributed by atoms with Crippen LogP contribution in [0.15, 0.2) is 36.4 Å². The van der Waals surface area contributed by atoms with Gasteiger partial charge in [0.05, 0.1) is 17.4 Å². The van der Waals surface area contributed by atoms with E-state index in [0.717, 1.165) is 4.90 Å². The molecule has 2 aromatic rings. The zero-order valence-corrected chi connectivity index (χ0v) is 12.5. The summed E-state index contributed by atoms with van der Waals surface area (Å²) in [7, 11) is 0. The summed E-state index contributed by atoms with van der Waals surface area (Å²) in [5.74, 6) is -1.55. The molecular formula is C17H14N2O5. The number of aromatic carboxylic acids is 1. The van der Waals surface area contributed by atoms with Gasteiger partial charge in [0.2, 0.25) is 0 Å². The average Bonchev–Trinajstić information content (AvgIpc) is 3.06. The molecular weight excluding hydrogens is 312 g/mol. The zero-order chi connectivity index (χ0) is 17.0. The number of fused-ring (bicyclic) bond motifs is 2. The van der Waals surface area contributed by atoms with E-state index in [1.165, 1.54) is 17.0 Å². The van der Waals surface area contributed by atoms with Crippen LogP contribution in [0.3, 0.4) is 0 Å². The molecule has 0 radical (unpaired) electrons. The molecule has 24 heavy (non-hydrogen) atoms. The second kappa shape index (κ2) is 5.04. The van der Waals surface area contributed by atoms with Crippen LogP contribution in [-0.2, 0) is 4.79 Å². The molecule has 2 saturated heterocycles. The molecule has 7 heteroatoms. The van der Waals surface area contributed by atoms with Crippen LogP contribution in [0.2, 0.25) is 0 Å². The molecule has 2 fully saturated rings. The summed E-state index contributed by atoms with van der Waals surface area (Å²) in [6.07, 6.45) is -0.481. The van der Waals surface area contributed by atoms with Crippen LogP contribution in [0.5, 0.6) is 0 Å². The van der Waals surface area contributed by atoms with E-state index in [9.17, 15) is 24.6 Å². The fourth-order valence-corrected chi connectivity index (χ4v) is 3.53. The van der Waals surface area contributed by atoms with Gasteiger partial charge in [-0.15, -0.1) is 0 Å². The minimum Gasteiger partial charge on any atom is -0.478 e. The van der Waals surface area contributed by atoms with E-state index < -0.39 is 30.1 Å². The first-order valence-corrected chi connectivity index (χ1v) is 7.58. The zero-order valence-electron chi connectivity index (χ0n) is 12.5. The van der Waals surface area contributed by atoms with Gasteiger partial charge in [-0.3, -0.25) is 4.79 Å². The number of nitrogens with zero attached hydrogens (tertiary/aromatic N) is 2. The van der Waals surface area contributed by atoms with Gasteiger partial charge in [0, 0.05) is 11.9 Å². The van der Waals surface area contributed by atoms with E-state index in [1.54, 1.807) is 24.3 Å². The van der Waals surface area contributed by atoms with Gasteiger partial charge in [0.1, 0.15) is 6.04 Å². The van der Waals surface area contributed by atoms with E-state index in [4.69, 9.17) is 0 Å². The average molecular weight is 326 g/mol.